The van der Waals surface area contributed by atoms with E-state index in [1.54, 1.807) is 0 Å². The summed E-state index contributed by atoms with van der Waals surface area (Å²) in [7, 11) is 0. The number of hydrogen-bond donors (Lipinski definition) is 6. The van der Waals surface area contributed by atoms with Crippen LogP contribution in [0.25, 0.3) is 0 Å². The average molecular weight is 1300 g/mol. The van der Waals surface area contributed by atoms with Crippen molar-refractivity contribution in [1.82, 2.24) is 5.32 Å². The van der Waals surface area contributed by atoms with E-state index >= 15 is 0 Å². The smallest absolute Gasteiger partial charge is 0.220 e. The van der Waals surface area contributed by atoms with Crippen molar-refractivity contribution in [1.29, 1.82) is 0 Å². The van der Waals surface area contributed by atoms with Crippen LogP contribution in [0, 0.1) is 0 Å². The van der Waals surface area contributed by atoms with E-state index in [-0.39, 0.29) is 12.5 Å². The molecule has 1 saturated heterocycles. The molecular formula is C83H157NO8. The van der Waals surface area contributed by atoms with Crippen molar-refractivity contribution >= 4 is 5.91 Å². The zero-order valence-corrected chi connectivity index (χ0v) is 61.1. The highest BCUT2D eigenvalue weighted by Crippen LogP contribution is 2.24. The van der Waals surface area contributed by atoms with Crippen molar-refractivity contribution in [3.8, 4) is 0 Å². The predicted molar refractivity (Wildman–Crippen MR) is 396 cm³/mol. The number of carbonyl (C=O) groups is 1. The number of aliphatic hydroxyl groups excluding tert-OH is 5. The van der Waals surface area contributed by atoms with Crippen LogP contribution in [-0.4, -0.2) is 87.5 Å². The van der Waals surface area contributed by atoms with Gasteiger partial charge in [0.2, 0.25) is 5.91 Å². The molecule has 7 unspecified atom stereocenters. The van der Waals surface area contributed by atoms with Gasteiger partial charge in [-0.25, -0.2) is 0 Å². The standard InChI is InChI=1S/C83H157NO8/c1-3-5-7-9-11-13-15-17-19-21-23-25-27-29-31-33-35-37-38-39-40-41-43-45-47-49-51-53-55-57-59-61-63-65-67-69-71-73-79(87)84-76(75-91-83-82(90)81(89)80(88)78(74-85)92-83)77(86)72-70-68-66-64-62-60-58-56-54-52-50-48-46-44-42-36-34-32-30-28-26-24-22-20-18-16-14-12-10-8-6-4-2/h5,7,11,13,17,19,23,25,76-78,80-83,85-86,88-90H,3-4,6,8-10,12,14-16,18,20-22,24,26-75H2,1-2H3,(H,84,87)/b7-5-,13-11-,19-17-,25-23-. The molecule has 1 amide bonds. The summed E-state index contributed by atoms with van der Waals surface area (Å²) >= 11 is 0. The molecule has 0 saturated carbocycles. The first-order valence-electron chi connectivity index (χ1n) is 40.8. The highest BCUT2D eigenvalue weighted by Gasteiger charge is 2.44. The SMILES string of the molecule is CC/C=C\C/C=C\C/C=C\C/C=C\CCCCCCCCCCCCCCCCCCCCCCCCCCC(=O)NC(COC1OC(CO)C(O)C(O)C1O)C(O)CCCCCCCCCCCCCCCCCCCCCCCCCCCCCCCCCC. The summed E-state index contributed by atoms with van der Waals surface area (Å²) in [4.78, 5) is 13.2. The number of rotatable bonds is 73. The molecule has 9 heteroatoms. The fraction of sp³-hybridized carbons (Fsp3) is 0.892. The van der Waals surface area contributed by atoms with E-state index in [9.17, 15) is 30.3 Å². The minimum absolute atomic E-state index is 0.133. The highest BCUT2D eigenvalue weighted by molar-refractivity contribution is 5.76. The van der Waals surface area contributed by atoms with Crippen molar-refractivity contribution in [3.63, 3.8) is 0 Å². The van der Waals surface area contributed by atoms with Crippen molar-refractivity contribution in [2.24, 2.45) is 0 Å². The van der Waals surface area contributed by atoms with Crippen molar-refractivity contribution in [2.45, 2.75) is 461 Å². The summed E-state index contributed by atoms with van der Waals surface area (Å²) in [5, 5.41) is 55.1. The molecule has 0 radical (unpaired) electrons. The summed E-state index contributed by atoms with van der Waals surface area (Å²) in [5.41, 5.74) is 0. The van der Waals surface area contributed by atoms with Gasteiger partial charge in [0.1, 0.15) is 24.4 Å². The second kappa shape index (κ2) is 71.9. The van der Waals surface area contributed by atoms with Crippen molar-refractivity contribution < 1.29 is 39.8 Å². The van der Waals surface area contributed by atoms with Crippen molar-refractivity contribution in [2.75, 3.05) is 13.2 Å². The van der Waals surface area contributed by atoms with Gasteiger partial charge in [-0.3, -0.25) is 4.79 Å². The normalized spacial score (nSPS) is 17.8. The van der Waals surface area contributed by atoms with Crippen LogP contribution in [0.1, 0.15) is 418 Å². The molecule has 0 aromatic rings. The molecule has 1 aliphatic heterocycles. The maximum absolute atomic E-state index is 13.2. The molecule has 1 heterocycles. The van der Waals surface area contributed by atoms with Crippen LogP contribution in [0.15, 0.2) is 48.6 Å². The number of ether oxygens (including phenoxy) is 2. The Morgan fingerprint density at radius 3 is 1.00 bits per heavy atom. The molecule has 0 spiro atoms. The van der Waals surface area contributed by atoms with E-state index < -0.39 is 49.5 Å². The lowest BCUT2D eigenvalue weighted by Gasteiger charge is -2.40. The molecule has 0 aromatic carbocycles. The van der Waals surface area contributed by atoms with Crippen LogP contribution in [0.3, 0.4) is 0 Å². The first-order valence-corrected chi connectivity index (χ1v) is 40.8. The molecule has 9 nitrogen and oxygen atoms in total. The molecule has 92 heavy (non-hydrogen) atoms. The number of aliphatic hydroxyl groups is 5. The van der Waals surface area contributed by atoms with Gasteiger partial charge in [-0.1, -0.05) is 409 Å². The van der Waals surface area contributed by atoms with Gasteiger partial charge in [0.05, 0.1) is 25.4 Å². The van der Waals surface area contributed by atoms with Crippen LogP contribution in [-0.2, 0) is 14.3 Å². The lowest BCUT2D eigenvalue weighted by atomic mass is 9.99. The number of amides is 1. The van der Waals surface area contributed by atoms with E-state index in [1.807, 2.05) is 0 Å². The highest BCUT2D eigenvalue weighted by atomic mass is 16.7. The van der Waals surface area contributed by atoms with Gasteiger partial charge in [-0.2, -0.15) is 0 Å². The number of hydrogen-bond acceptors (Lipinski definition) is 8. The predicted octanol–water partition coefficient (Wildman–Crippen LogP) is 23.5. The fourth-order valence-electron chi connectivity index (χ4n) is 13.4. The Labute approximate surface area is 571 Å². The Morgan fingerprint density at radius 1 is 0.380 bits per heavy atom. The maximum atomic E-state index is 13.2. The molecule has 1 aliphatic rings. The zero-order chi connectivity index (χ0) is 66.4. The summed E-state index contributed by atoms with van der Waals surface area (Å²) < 4.78 is 11.4. The average Bonchev–Trinajstić information content (AvgIpc) is 1.00. The van der Waals surface area contributed by atoms with Gasteiger partial charge in [-0.15, -0.1) is 0 Å². The molecule has 0 aliphatic carbocycles. The van der Waals surface area contributed by atoms with Crippen LogP contribution in [0.5, 0.6) is 0 Å². The third-order valence-corrected chi connectivity index (χ3v) is 19.7. The topological polar surface area (TPSA) is 149 Å². The Bertz CT molecular complexity index is 1600. The van der Waals surface area contributed by atoms with Gasteiger partial charge < -0.3 is 40.3 Å². The Balaban J connectivity index is 2.03. The first-order chi connectivity index (χ1) is 45.3. The molecule has 0 aromatic heterocycles. The van der Waals surface area contributed by atoms with Crippen LogP contribution >= 0.6 is 0 Å². The zero-order valence-electron chi connectivity index (χ0n) is 61.1. The summed E-state index contributed by atoms with van der Waals surface area (Å²) in [6.45, 7) is 3.79. The lowest BCUT2D eigenvalue weighted by molar-refractivity contribution is -0.302. The van der Waals surface area contributed by atoms with Crippen LogP contribution in [0.2, 0.25) is 0 Å². The van der Waals surface area contributed by atoms with Gasteiger partial charge in [0.25, 0.3) is 0 Å². The first kappa shape index (κ1) is 88.2. The van der Waals surface area contributed by atoms with Gasteiger partial charge in [-0.05, 0) is 51.4 Å². The minimum atomic E-state index is -1.55. The van der Waals surface area contributed by atoms with Crippen LogP contribution < -0.4 is 5.32 Å². The maximum Gasteiger partial charge on any atom is 0.220 e. The fourth-order valence-corrected chi connectivity index (χ4v) is 13.4. The lowest BCUT2D eigenvalue weighted by Crippen LogP contribution is -2.60. The second-order valence-electron chi connectivity index (χ2n) is 28.5. The van der Waals surface area contributed by atoms with E-state index in [2.05, 4.69) is 67.8 Å². The summed E-state index contributed by atoms with van der Waals surface area (Å²) in [6, 6.07) is -0.720. The molecule has 7 atom stereocenters. The quantitative estimate of drug-likeness (QED) is 0.0261. The largest absolute Gasteiger partial charge is 0.394 e. The van der Waals surface area contributed by atoms with Crippen LogP contribution in [0.4, 0.5) is 0 Å². The van der Waals surface area contributed by atoms with Crippen molar-refractivity contribution in [3.05, 3.63) is 48.6 Å². The molecular weight excluding hydrogens is 1140 g/mol. The monoisotopic (exact) mass is 1300 g/mol. The third-order valence-electron chi connectivity index (χ3n) is 19.7. The Hall–Kier alpha value is -1.85. The number of unbranched alkanes of at least 4 members (excludes halogenated alkanes) is 55. The second-order valence-corrected chi connectivity index (χ2v) is 28.5. The van der Waals surface area contributed by atoms with E-state index in [4.69, 9.17) is 9.47 Å². The Kier molecular flexibility index (Phi) is 68.9. The minimum Gasteiger partial charge on any atom is -0.394 e. The van der Waals surface area contributed by atoms with Gasteiger partial charge in [0, 0.05) is 6.42 Å². The van der Waals surface area contributed by atoms with Gasteiger partial charge in [0.15, 0.2) is 6.29 Å². The van der Waals surface area contributed by atoms with Gasteiger partial charge >= 0.3 is 0 Å². The number of nitrogens with one attached hydrogen (secondary N) is 1. The summed E-state index contributed by atoms with van der Waals surface area (Å²) in [5.74, 6) is -0.135. The van der Waals surface area contributed by atoms with E-state index in [0.29, 0.717) is 12.8 Å². The molecule has 1 fully saturated rings. The summed E-state index contributed by atoms with van der Waals surface area (Å²) in [6.07, 6.45) is 92.3. The molecule has 542 valence electrons. The number of allylic oxidation sites excluding steroid dienone is 8. The van der Waals surface area contributed by atoms with E-state index in [0.717, 1.165) is 64.2 Å². The third kappa shape index (κ3) is 59.4. The molecule has 0 bridgehead atoms. The molecule has 1 rings (SSSR count). The molecule has 6 N–H and O–H groups in total. The number of carbonyl (C=O) groups excluding carboxylic acids is 1. The Morgan fingerprint density at radius 2 is 0.674 bits per heavy atom. The van der Waals surface area contributed by atoms with E-state index in [1.165, 1.54) is 327 Å².